The van der Waals surface area contributed by atoms with E-state index in [-0.39, 0.29) is 35.2 Å². The van der Waals surface area contributed by atoms with Crippen LogP contribution in [0.1, 0.15) is 48.7 Å². The molecule has 0 spiro atoms. The smallest absolute Gasteiger partial charge is 0.382 e. The molecule has 1 aliphatic carbocycles. The molecule has 1 fully saturated rings. The highest BCUT2D eigenvalue weighted by molar-refractivity contribution is 5.96. The number of para-hydroxylation sites is 1. The molecule has 2 atom stereocenters. The molecule has 3 N–H and O–H groups in total. The summed E-state index contributed by atoms with van der Waals surface area (Å²) in [6, 6.07) is 10.6. The van der Waals surface area contributed by atoms with Crippen LogP contribution in [0, 0.1) is 0 Å². The fraction of sp³-hybridized carbons (Fsp3) is 0.333. The SMILES string of the molecule is CC(=O)Nc1cc(C(=O)N[C@@H]2CCC[C@H](Nc3cc(C(F)(F)F)nc4ccccc34)C2)ccn1. The number of aromatic nitrogens is 2. The maximum Gasteiger partial charge on any atom is 0.433 e. The van der Waals surface area contributed by atoms with Gasteiger partial charge < -0.3 is 16.0 Å². The van der Waals surface area contributed by atoms with Gasteiger partial charge in [-0.3, -0.25) is 9.59 Å². The van der Waals surface area contributed by atoms with Crippen LogP contribution < -0.4 is 16.0 Å². The van der Waals surface area contributed by atoms with E-state index in [1.807, 2.05) is 0 Å². The number of halogens is 3. The summed E-state index contributed by atoms with van der Waals surface area (Å²) in [5.41, 5.74) is 0.0722. The fourth-order valence-electron chi connectivity index (χ4n) is 4.20. The number of benzene rings is 1. The van der Waals surface area contributed by atoms with Crippen molar-refractivity contribution in [1.82, 2.24) is 15.3 Å². The summed E-state index contributed by atoms with van der Waals surface area (Å²) in [5, 5.41) is 9.41. The van der Waals surface area contributed by atoms with Crippen molar-refractivity contribution in [2.75, 3.05) is 10.6 Å². The molecule has 2 aromatic heterocycles. The first kappa shape index (κ1) is 23.5. The predicted octanol–water partition coefficient (Wildman–Crippen LogP) is 4.76. The van der Waals surface area contributed by atoms with Gasteiger partial charge in [-0.1, -0.05) is 18.2 Å². The largest absolute Gasteiger partial charge is 0.433 e. The van der Waals surface area contributed by atoms with Gasteiger partial charge in [-0.2, -0.15) is 13.2 Å². The molecule has 1 aliphatic rings. The highest BCUT2D eigenvalue weighted by Crippen LogP contribution is 2.34. The van der Waals surface area contributed by atoms with Crippen LogP contribution in [0.2, 0.25) is 0 Å². The lowest BCUT2D eigenvalue weighted by atomic mass is 9.90. The molecule has 10 heteroatoms. The lowest BCUT2D eigenvalue weighted by Crippen LogP contribution is -2.41. The monoisotopic (exact) mass is 471 g/mol. The average Bonchev–Trinajstić information content (AvgIpc) is 2.78. The van der Waals surface area contributed by atoms with E-state index in [0.717, 1.165) is 25.3 Å². The number of hydrogen-bond acceptors (Lipinski definition) is 5. The van der Waals surface area contributed by atoms with Crippen molar-refractivity contribution in [1.29, 1.82) is 0 Å². The van der Waals surface area contributed by atoms with Crippen LogP contribution in [0.15, 0.2) is 48.7 Å². The molecule has 1 saturated carbocycles. The zero-order chi connectivity index (χ0) is 24.3. The summed E-state index contributed by atoms with van der Waals surface area (Å²) in [6.45, 7) is 1.35. The normalized spacial score (nSPS) is 18.4. The van der Waals surface area contributed by atoms with Crippen molar-refractivity contribution in [2.24, 2.45) is 0 Å². The van der Waals surface area contributed by atoms with Crippen LogP contribution in [0.4, 0.5) is 24.7 Å². The first-order chi connectivity index (χ1) is 16.2. The standard InChI is InChI=1S/C24H24F3N5O2/c1-14(33)29-22-11-15(9-10-28-22)23(34)31-17-6-4-5-16(12-17)30-20-13-21(24(25,26)27)32-19-8-3-2-7-18(19)20/h2-3,7-11,13,16-17H,4-6,12H2,1H3,(H,30,32)(H,31,34)(H,28,29,33)/t16-,17+/m0/s1. The second-order valence-corrected chi connectivity index (χ2v) is 8.36. The van der Waals surface area contributed by atoms with E-state index in [4.69, 9.17) is 0 Å². The lowest BCUT2D eigenvalue weighted by Gasteiger charge is -2.31. The third kappa shape index (κ3) is 5.62. The summed E-state index contributed by atoms with van der Waals surface area (Å²) in [6.07, 6.45) is -0.203. The number of alkyl halides is 3. The molecule has 0 aliphatic heterocycles. The molecule has 0 saturated heterocycles. The van der Waals surface area contributed by atoms with Crippen molar-refractivity contribution in [3.63, 3.8) is 0 Å². The number of rotatable bonds is 5. The van der Waals surface area contributed by atoms with E-state index < -0.39 is 11.9 Å². The molecule has 1 aromatic carbocycles. The molecule has 34 heavy (non-hydrogen) atoms. The Bertz CT molecular complexity index is 1210. The molecular formula is C24H24F3N5O2. The third-order valence-corrected chi connectivity index (χ3v) is 5.70. The minimum absolute atomic E-state index is 0.113. The van der Waals surface area contributed by atoms with Crippen molar-refractivity contribution in [3.05, 3.63) is 59.9 Å². The molecule has 0 unspecified atom stereocenters. The van der Waals surface area contributed by atoms with E-state index >= 15 is 0 Å². The van der Waals surface area contributed by atoms with Gasteiger partial charge >= 0.3 is 6.18 Å². The van der Waals surface area contributed by atoms with E-state index in [1.165, 1.54) is 19.2 Å². The molecular weight excluding hydrogens is 447 g/mol. The molecule has 3 aromatic rings. The Balaban J connectivity index is 1.47. The van der Waals surface area contributed by atoms with Gasteiger partial charge in [0.1, 0.15) is 11.5 Å². The van der Waals surface area contributed by atoms with Crippen LogP contribution in [0.5, 0.6) is 0 Å². The zero-order valence-corrected chi connectivity index (χ0v) is 18.4. The number of carbonyl (C=O) groups excluding carboxylic acids is 2. The Morgan fingerprint density at radius 3 is 2.59 bits per heavy atom. The summed E-state index contributed by atoms with van der Waals surface area (Å²) < 4.78 is 40.1. The summed E-state index contributed by atoms with van der Waals surface area (Å²) in [7, 11) is 0. The number of hydrogen-bond donors (Lipinski definition) is 3. The molecule has 0 radical (unpaired) electrons. The van der Waals surface area contributed by atoms with Gasteiger partial charge in [-0.15, -0.1) is 0 Å². The van der Waals surface area contributed by atoms with Gasteiger partial charge in [0, 0.05) is 41.8 Å². The second kappa shape index (κ2) is 9.66. The number of nitrogens with zero attached hydrogens (tertiary/aromatic N) is 2. The van der Waals surface area contributed by atoms with Crippen LogP contribution >= 0.6 is 0 Å². The second-order valence-electron chi connectivity index (χ2n) is 8.36. The van der Waals surface area contributed by atoms with E-state index in [1.54, 1.807) is 30.3 Å². The van der Waals surface area contributed by atoms with Gasteiger partial charge in [-0.25, -0.2) is 9.97 Å². The number of fused-ring (bicyclic) bond motifs is 1. The quantitative estimate of drug-likeness (QED) is 0.499. The van der Waals surface area contributed by atoms with Crippen LogP contribution in [-0.4, -0.2) is 33.9 Å². The van der Waals surface area contributed by atoms with Gasteiger partial charge in [0.25, 0.3) is 5.91 Å². The van der Waals surface area contributed by atoms with Gasteiger partial charge in [0.05, 0.1) is 5.52 Å². The Morgan fingerprint density at radius 2 is 1.82 bits per heavy atom. The number of amides is 2. The van der Waals surface area contributed by atoms with Gasteiger partial charge in [0.15, 0.2) is 0 Å². The number of anilines is 2. The first-order valence-corrected chi connectivity index (χ1v) is 11.0. The highest BCUT2D eigenvalue weighted by atomic mass is 19.4. The number of carbonyl (C=O) groups is 2. The predicted molar refractivity (Wildman–Crippen MR) is 122 cm³/mol. The number of pyridine rings is 2. The van der Waals surface area contributed by atoms with Crippen molar-refractivity contribution in [3.8, 4) is 0 Å². The third-order valence-electron chi connectivity index (χ3n) is 5.70. The molecule has 4 rings (SSSR count). The number of nitrogens with one attached hydrogen (secondary N) is 3. The fourth-order valence-corrected chi connectivity index (χ4v) is 4.20. The summed E-state index contributed by atoms with van der Waals surface area (Å²) >= 11 is 0. The van der Waals surface area contributed by atoms with E-state index in [9.17, 15) is 22.8 Å². The topological polar surface area (TPSA) is 96.0 Å². The highest BCUT2D eigenvalue weighted by Gasteiger charge is 2.34. The summed E-state index contributed by atoms with van der Waals surface area (Å²) in [4.78, 5) is 31.7. The molecule has 178 valence electrons. The minimum Gasteiger partial charge on any atom is -0.382 e. The van der Waals surface area contributed by atoms with Crippen LogP contribution in [-0.2, 0) is 11.0 Å². The molecule has 2 amide bonds. The van der Waals surface area contributed by atoms with Crippen molar-refractivity contribution in [2.45, 2.75) is 50.9 Å². The van der Waals surface area contributed by atoms with Crippen molar-refractivity contribution < 1.29 is 22.8 Å². The zero-order valence-electron chi connectivity index (χ0n) is 18.4. The molecule has 2 heterocycles. The van der Waals surface area contributed by atoms with Crippen molar-refractivity contribution >= 4 is 34.2 Å². The maximum atomic E-state index is 13.4. The molecule has 7 nitrogen and oxygen atoms in total. The van der Waals surface area contributed by atoms with Crippen LogP contribution in [0.25, 0.3) is 10.9 Å². The summed E-state index contributed by atoms with van der Waals surface area (Å²) in [5.74, 6) is -0.301. The Hall–Kier alpha value is -3.69. The lowest BCUT2D eigenvalue weighted by molar-refractivity contribution is -0.140. The average molecular weight is 471 g/mol. The van der Waals surface area contributed by atoms with Gasteiger partial charge in [-0.05, 0) is 49.9 Å². The van der Waals surface area contributed by atoms with Gasteiger partial charge in [0.2, 0.25) is 5.91 Å². The van der Waals surface area contributed by atoms with Crippen LogP contribution in [0.3, 0.4) is 0 Å². The Kier molecular flexibility index (Phi) is 6.67. The minimum atomic E-state index is -4.55. The van der Waals surface area contributed by atoms with E-state index in [0.29, 0.717) is 23.1 Å². The van der Waals surface area contributed by atoms with E-state index in [2.05, 4.69) is 25.9 Å². The maximum absolute atomic E-state index is 13.4. The Labute approximate surface area is 194 Å². The first-order valence-electron chi connectivity index (χ1n) is 11.0. The molecule has 0 bridgehead atoms. The Morgan fingerprint density at radius 1 is 1.06 bits per heavy atom.